The van der Waals surface area contributed by atoms with Crippen LogP contribution in [0.3, 0.4) is 0 Å². The molecule has 0 saturated heterocycles. The van der Waals surface area contributed by atoms with Gasteiger partial charge < -0.3 is 4.74 Å². The van der Waals surface area contributed by atoms with Gasteiger partial charge in [-0.15, -0.1) is 10.2 Å². The molecule has 3 rings (SSSR count). The van der Waals surface area contributed by atoms with Crippen LogP contribution in [-0.4, -0.2) is 43.9 Å². The van der Waals surface area contributed by atoms with Gasteiger partial charge in [-0.05, 0) is 50.1 Å². The van der Waals surface area contributed by atoms with E-state index in [-0.39, 0.29) is 10.6 Å². The quantitative estimate of drug-likeness (QED) is 0.319. The Labute approximate surface area is 202 Å². The van der Waals surface area contributed by atoms with Crippen LogP contribution in [0.15, 0.2) is 51.7 Å². The van der Waals surface area contributed by atoms with E-state index >= 15 is 0 Å². The van der Waals surface area contributed by atoms with Gasteiger partial charge in [-0.1, -0.05) is 53.8 Å². The van der Waals surface area contributed by atoms with Crippen LogP contribution < -0.4 is 14.4 Å². The summed E-state index contributed by atoms with van der Waals surface area (Å²) in [5.74, 6) is 0.717. The lowest BCUT2D eigenvalue weighted by Crippen LogP contribution is -2.38. The molecule has 2 aromatic carbocycles. The Hall–Kier alpha value is -2.63. The van der Waals surface area contributed by atoms with Crippen molar-refractivity contribution in [3.05, 3.63) is 53.6 Å². The number of benzene rings is 2. The van der Waals surface area contributed by atoms with Crippen LogP contribution in [0, 0.1) is 13.8 Å². The first-order chi connectivity index (χ1) is 15.7. The van der Waals surface area contributed by atoms with Crippen LogP contribution in [-0.2, 0) is 14.8 Å². The molecule has 1 N–H and O–H groups in total. The number of ether oxygens (including phenoxy) is 1. The first-order valence-corrected chi connectivity index (χ1v) is 13.5. The van der Waals surface area contributed by atoms with Crippen molar-refractivity contribution in [3.63, 3.8) is 0 Å². The number of nitrogens with one attached hydrogen (secondary N) is 1. The molecule has 0 bridgehead atoms. The molecular weight excluding hydrogens is 480 g/mol. The van der Waals surface area contributed by atoms with Crippen molar-refractivity contribution in [2.75, 3.05) is 29.0 Å². The highest BCUT2D eigenvalue weighted by molar-refractivity contribution is 8.01. The molecule has 0 aliphatic rings. The topological polar surface area (TPSA) is 101 Å². The first-order valence-electron chi connectivity index (χ1n) is 10.2. The molecule has 11 heteroatoms. The maximum atomic E-state index is 13.6. The molecule has 1 heterocycles. The van der Waals surface area contributed by atoms with Crippen LogP contribution in [0.25, 0.3) is 0 Å². The summed E-state index contributed by atoms with van der Waals surface area (Å²) >= 11 is 2.81. The lowest BCUT2D eigenvalue weighted by atomic mass is 10.2. The lowest BCUT2D eigenvalue weighted by Gasteiger charge is -2.26. The fourth-order valence-electron chi connectivity index (χ4n) is 2.93. The molecule has 1 aromatic heterocycles. The maximum absolute atomic E-state index is 13.6. The van der Waals surface area contributed by atoms with Crippen LogP contribution in [0.5, 0.6) is 5.75 Å². The number of rotatable bonds is 10. The van der Waals surface area contributed by atoms with Crippen molar-refractivity contribution < 1.29 is 17.9 Å². The molecular formula is C22H26N4O4S3. The minimum atomic E-state index is -4.06. The number of nitrogens with zero attached hydrogens (tertiary/aromatic N) is 3. The molecule has 0 atom stereocenters. The molecule has 1 amide bonds. The number of anilines is 2. The number of aryl methyl sites for hydroxylation is 2. The second-order valence-electron chi connectivity index (χ2n) is 7.27. The maximum Gasteiger partial charge on any atom is 0.264 e. The van der Waals surface area contributed by atoms with E-state index in [0.29, 0.717) is 10.9 Å². The number of methoxy groups -OCH3 is 1. The first kappa shape index (κ1) is 25.0. The van der Waals surface area contributed by atoms with E-state index in [1.54, 1.807) is 36.0 Å². The van der Waals surface area contributed by atoms with Crippen molar-refractivity contribution in [1.29, 1.82) is 0 Å². The number of carbonyl (C=O) groups is 1. The molecule has 0 spiro atoms. The standard InChI is InChI=1S/C22H26N4O4S3/c1-5-12-31-22-25-24-21(32-22)23-20(27)14-26(18-13-16(3)8-11-19(18)30-4)33(28,29)17-9-6-15(2)7-10-17/h6-11,13H,5,12,14H2,1-4H3,(H,23,24,27). The summed E-state index contributed by atoms with van der Waals surface area (Å²) in [4.78, 5) is 13.0. The van der Waals surface area contributed by atoms with Gasteiger partial charge in [-0.25, -0.2) is 8.42 Å². The number of aromatic nitrogens is 2. The Bertz CT molecular complexity index is 1210. The van der Waals surface area contributed by atoms with Crippen LogP contribution in [0.2, 0.25) is 0 Å². The molecule has 0 radical (unpaired) electrons. The average Bonchev–Trinajstić information content (AvgIpc) is 3.23. The Kier molecular flexibility index (Phi) is 8.33. The van der Waals surface area contributed by atoms with E-state index < -0.39 is 22.5 Å². The van der Waals surface area contributed by atoms with Gasteiger partial charge in [0.05, 0.1) is 17.7 Å². The largest absolute Gasteiger partial charge is 0.495 e. The zero-order valence-corrected chi connectivity index (χ0v) is 21.3. The second-order valence-corrected chi connectivity index (χ2v) is 11.5. The Morgan fingerprint density at radius 1 is 1.12 bits per heavy atom. The van der Waals surface area contributed by atoms with Crippen LogP contribution in [0.4, 0.5) is 10.8 Å². The summed E-state index contributed by atoms with van der Waals surface area (Å²) in [6.45, 7) is 5.34. The van der Waals surface area contributed by atoms with Gasteiger partial charge in [0.15, 0.2) is 4.34 Å². The summed E-state index contributed by atoms with van der Waals surface area (Å²) in [7, 11) is -2.60. The lowest BCUT2D eigenvalue weighted by molar-refractivity contribution is -0.114. The normalized spacial score (nSPS) is 11.3. The zero-order valence-electron chi connectivity index (χ0n) is 18.9. The van der Waals surface area contributed by atoms with Gasteiger partial charge in [-0.3, -0.25) is 14.4 Å². The van der Waals surface area contributed by atoms with Crippen molar-refractivity contribution in [2.45, 2.75) is 36.4 Å². The number of thioether (sulfide) groups is 1. The molecule has 3 aromatic rings. The minimum absolute atomic E-state index is 0.0821. The van der Waals surface area contributed by atoms with E-state index in [9.17, 15) is 13.2 Å². The van der Waals surface area contributed by atoms with E-state index in [1.165, 1.54) is 30.6 Å². The van der Waals surface area contributed by atoms with Crippen molar-refractivity contribution >= 4 is 49.8 Å². The number of amides is 1. The highest BCUT2D eigenvalue weighted by atomic mass is 32.2. The SMILES string of the molecule is CCCSc1nnc(NC(=O)CN(c2cc(C)ccc2OC)S(=O)(=O)c2ccc(C)cc2)s1. The third-order valence-electron chi connectivity index (χ3n) is 4.58. The Morgan fingerprint density at radius 2 is 1.82 bits per heavy atom. The number of hydrogen-bond acceptors (Lipinski definition) is 8. The monoisotopic (exact) mass is 506 g/mol. The summed E-state index contributed by atoms with van der Waals surface area (Å²) < 4.78 is 34.4. The van der Waals surface area contributed by atoms with E-state index in [4.69, 9.17) is 4.74 Å². The van der Waals surface area contributed by atoms with Crippen molar-refractivity contribution in [2.24, 2.45) is 0 Å². The molecule has 176 valence electrons. The van der Waals surface area contributed by atoms with Gasteiger partial charge in [0.1, 0.15) is 12.3 Å². The Balaban J connectivity index is 1.94. The molecule has 0 unspecified atom stereocenters. The molecule has 33 heavy (non-hydrogen) atoms. The summed E-state index contributed by atoms with van der Waals surface area (Å²) in [6.07, 6.45) is 0.996. The smallest absolute Gasteiger partial charge is 0.264 e. The predicted octanol–water partition coefficient (Wildman–Crippen LogP) is 4.50. The second kappa shape index (κ2) is 11.0. The summed E-state index contributed by atoms with van der Waals surface area (Å²) in [6, 6.07) is 11.7. The Morgan fingerprint density at radius 3 is 2.48 bits per heavy atom. The molecule has 0 saturated carbocycles. The third kappa shape index (κ3) is 6.24. The average molecular weight is 507 g/mol. The van der Waals surface area contributed by atoms with Crippen molar-refractivity contribution in [1.82, 2.24) is 10.2 Å². The predicted molar refractivity (Wildman–Crippen MR) is 133 cm³/mol. The number of sulfonamides is 1. The van der Waals surface area contributed by atoms with Crippen molar-refractivity contribution in [3.8, 4) is 5.75 Å². The fourth-order valence-corrected chi connectivity index (χ4v) is 6.05. The molecule has 0 aliphatic heterocycles. The highest BCUT2D eigenvalue weighted by Crippen LogP contribution is 2.33. The van der Waals surface area contributed by atoms with Gasteiger partial charge in [0.2, 0.25) is 11.0 Å². The van der Waals surface area contributed by atoms with Crippen LogP contribution >= 0.6 is 23.1 Å². The van der Waals surface area contributed by atoms with Gasteiger partial charge >= 0.3 is 0 Å². The van der Waals surface area contributed by atoms with Crippen LogP contribution in [0.1, 0.15) is 24.5 Å². The van der Waals surface area contributed by atoms with E-state index in [2.05, 4.69) is 22.4 Å². The van der Waals surface area contributed by atoms with E-state index in [0.717, 1.165) is 31.9 Å². The summed E-state index contributed by atoms with van der Waals surface area (Å²) in [5.41, 5.74) is 2.04. The fraction of sp³-hybridized carbons (Fsp3) is 0.318. The van der Waals surface area contributed by atoms with E-state index in [1.807, 2.05) is 19.9 Å². The third-order valence-corrected chi connectivity index (χ3v) is 8.53. The molecule has 8 nitrogen and oxygen atoms in total. The van der Waals surface area contributed by atoms with Gasteiger partial charge in [0, 0.05) is 5.75 Å². The zero-order chi connectivity index (χ0) is 24.0. The molecule has 0 fully saturated rings. The molecule has 0 aliphatic carbocycles. The summed E-state index contributed by atoms with van der Waals surface area (Å²) in [5, 5.41) is 11.0. The highest BCUT2D eigenvalue weighted by Gasteiger charge is 2.30. The van der Waals surface area contributed by atoms with Gasteiger partial charge in [0.25, 0.3) is 10.0 Å². The number of carbonyl (C=O) groups excluding carboxylic acids is 1. The van der Waals surface area contributed by atoms with Gasteiger partial charge in [-0.2, -0.15) is 0 Å². The minimum Gasteiger partial charge on any atom is -0.495 e. The number of hydrogen-bond donors (Lipinski definition) is 1.